The molecule has 102 valence electrons. The van der Waals surface area contributed by atoms with Crippen LogP contribution >= 0.6 is 0 Å². The van der Waals surface area contributed by atoms with E-state index in [2.05, 4.69) is 31.2 Å². The first-order chi connectivity index (χ1) is 9.42. The summed E-state index contributed by atoms with van der Waals surface area (Å²) in [4.78, 5) is 13.5. The molecule has 3 N–H and O–H groups in total. The second kappa shape index (κ2) is 6.04. The fourth-order valence-corrected chi connectivity index (χ4v) is 2.53. The molecular weight excluding hydrogens is 238 g/mol. The summed E-state index contributed by atoms with van der Waals surface area (Å²) < 4.78 is 0. The molecule has 0 spiro atoms. The van der Waals surface area contributed by atoms with Crippen molar-refractivity contribution in [2.45, 2.75) is 12.8 Å². The Labute approximate surface area is 113 Å². The van der Waals surface area contributed by atoms with Crippen LogP contribution in [0.2, 0.25) is 0 Å². The second-order valence-electron chi connectivity index (χ2n) is 5.02. The Morgan fingerprint density at radius 2 is 2.11 bits per heavy atom. The van der Waals surface area contributed by atoms with Crippen molar-refractivity contribution in [3.05, 3.63) is 30.4 Å². The summed E-state index contributed by atoms with van der Waals surface area (Å²) in [6.07, 6.45) is 6.02. The predicted octanol–water partition coefficient (Wildman–Crippen LogP) is 1.24. The number of rotatable bonds is 5. The van der Waals surface area contributed by atoms with Crippen molar-refractivity contribution >= 4 is 0 Å². The van der Waals surface area contributed by atoms with Gasteiger partial charge in [0, 0.05) is 38.8 Å². The molecule has 0 saturated carbocycles. The Hall–Kier alpha value is -1.59. The highest BCUT2D eigenvalue weighted by molar-refractivity contribution is 5.53. The molecule has 19 heavy (non-hydrogen) atoms. The number of aromatic amines is 2. The quantitative estimate of drug-likeness (QED) is 0.757. The summed E-state index contributed by atoms with van der Waals surface area (Å²) in [5, 5.41) is 3.38. The molecule has 5 nitrogen and oxygen atoms in total. The monoisotopic (exact) mass is 259 g/mol. The molecule has 0 aliphatic carbocycles. The molecular formula is C14H21N5. The number of imidazole rings is 1. The maximum Gasteiger partial charge on any atom is 0.106 e. The minimum atomic E-state index is 1.02. The van der Waals surface area contributed by atoms with Gasteiger partial charge in [0.2, 0.25) is 0 Å². The summed E-state index contributed by atoms with van der Waals surface area (Å²) in [6.45, 7) is 5.76. The number of aryl methyl sites for hydroxylation is 1. The van der Waals surface area contributed by atoms with Gasteiger partial charge < -0.3 is 20.2 Å². The van der Waals surface area contributed by atoms with E-state index in [1.54, 1.807) is 0 Å². The van der Waals surface area contributed by atoms with E-state index < -0.39 is 0 Å². The van der Waals surface area contributed by atoms with E-state index in [-0.39, 0.29) is 0 Å². The van der Waals surface area contributed by atoms with Crippen LogP contribution in [0.5, 0.6) is 0 Å². The number of nitrogens with zero attached hydrogens (tertiary/aromatic N) is 2. The summed E-state index contributed by atoms with van der Waals surface area (Å²) in [6, 6.07) is 4.05. The van der Waals surface area contributed by atoms with Crippen molar-refractivity contribution in [1.82, 2.24) is 25.2 Å². The summed E-state index contributed by atoms with van der Waals surface area (Å²) in [5.74, 6) is 1.08. The average molecular weight is 259 g/mol. The lowest BCUT2D eigenvalue weighted by Gasteiger charge is -2.26. The van der Waals surface area contributed by atoms with Crippen molar-refractivity contribution < 1.29 is 0 Å². The minimum absolute atomic E-state index is 1.02. The van der Waals surface area contributed by atoms with E-state index in [1.807, 2.05) is 18.5 Å². The third-order valence-corrected chi connectivity index (χ3v) is 3.61. The van der Waals surface area contributed by atoms with Gasteiger partial charge in [-0.1, -0.05) is 0 Å². The molecule has 1 fully saturated rings. The topological polar surface area (TPSA) is 59.7 Å². The normalized spacial score (nSPS) is 16.8. The van der Waals surface area contributed by atoms with E-state index in [4.69, 9.17) is 0 Å². The first kappa shape index (κ1) is 12.4. The van der Waals surface area contributed by atoms with Crippen LogP contribution in [0, 0.1) is 0 Å². The van der Waals surface area contributed by atoms with Gasteiger partial charge in [-0.15, -0.1) is 0 Å². The molecule has 0 atom stereocenters. The predicted molar refractivity (Wildman–Crippen MR) is 76.0 cm³/mol. The molecule has 1 aliphatic heterocycles. The zero-order valence-corrected chi connectivity index (χ0v) is 11.2. The largest absolute Gasteiger partial charge is 0.360 e. The Kier molecular flexibility index (Phi) is 3.95. The molecule has 1 saturated heterocycles. The fourth-order valence-electron chi connectivity index (χ4n) is 2.53. The summed E-state index contributed by atoms with van der Waals surface area (Å²) >= 11 is 0. The summed E-state index contributed by atoms with van der Waals surface area (Å²) in [5.41, 5.74) is 2.17. The molecule has 3 rings (SSSR count). The Morgan fingerprint density at radius 3 is 2.89 bits per heavy atom. The van der Waals surface area contributed by atoms with Gasteiger partial charge in [-0.25, -0.2) is 4.98 Å². The molecule has 5 heteroatoms. The second-order valence-corrected chi connectivity index (χ2v) is 5.02. The van der Waals surface area contributed by atoms with Crippen LogP contribution in [0.4, 0.5) is 0 Å². The van der Waals surface area contributed by atoms with Gasteiger partial charge in [-0.3, -0.25) is 0 Å². The highest BCUT2D eigenvalue weighted by atomic mass is 15.2. The highest BCUT2D eigenvalue weighted by Gasteiger charge is 2.09. The van der Waals surface area contributed by atoms with E-state index in [9.17, 15) is 0 Å². The van der Waals surface area contributed by atoms with E-state index in [0.29, 0.717) is 0 Å². The Morgan fingerprint density at radius 1 is 1.21 bits per heavy atom. The first-order valence-corrected chi connectivity index (χ1v) is 7.02. The maximum atomic E-state index is 4.45. The molecule has 0 amide bonds. The molecule has 0 aromatic carbocycles. The van der Waals surface area contributed by atoms with Crippen LogP contribution in [0.1, 0.15) is 12.2 Å². The van der Waals surface area contributed by atoms with Crippen molar-refractivity contribution in [2.24, 2.45) is 0 Å². The Balaban J connectivity index is 1.48. The average Bonchev–Trinajstić information content (AvgIpc) is 3.10. The molecule has 0 bridgehead atoms. The number of H-pyrrole nitrogens is 2. The first-order valence-electron chi connectivity index (χ1n) is 7.02. The van der Waals surface area contributed by atoms with Crippen LogP contribution in [0.3, 0.4) is 0 Å². The lowest BCUT2D eigenvalue weighted by Crippen LogP contribution is -2.43. The van der Waals surface area contributed by atoms with Crippen LogP contribution in [0.15, 0.2) is 24.5 Å². The number of aromatic nitrogens is 3. The van der Waals surface area contributed by atoms with Gasteiger partial charge >= 0.3 is 0 Å². The number of nitrogens with one attached hydrogen (secondary N) is 3. The van der Waals surface area contributed by atoms with Crippen LogP contribution in [0.25, 0.3) is 11.4 Å². The van der Waals surface area contributed by atoms with Crippen molar-refractivity contribution in [3.63, 3.8) is 0 Å². The standard InChI is InChI=1S/C14H21N5/c1-3-12(16-5-1)13-11-17-14(18-13)4-2-8-19-9-6-15-7-10-19/h1,3,5,11,15-16H,2,4,6-10H2,(H,17,18). The van der Waals surface area contributed by atoms with Crippen molar-refractivity contribution in [1.29, 1.82) is 0 Å². The lowest BCUT2D eigenvalue weighted by atomic mass is 10.2. The van der Waals surface area contributed by atoms with Gasteiger partial charge in [0.15, 0.2) is 0 Å². The molecule has 2 aromatic rings. The van der Waals surface area contributed by atoms with E-state index >= 15 is 0 Å². The van der Waals surface area contributed by atoms with Gasteiger partial charge in [0.25, 0.3) is 0 Å². The smallest absolute Gasteiger partial charge is 0.106 e. The third kappa shape index (κ3) is 3.24. The van der Waals surface area contributed by atoms with Crippen LogP contribution in [-0.4, -0.2) is 52.6 Å². The molecule has 0 unspecified atom stereocenters. The third-order valence-electron chi connectivity index (χ3n) is 3.61. The lowest BCUT2D eigenvalue weighted by molar-refractivity contribution is 0.238. The minimum Gasteiger partial charge on any atom is -0.360 e. The van der Waals surface area contributed by atoms with Gasteiger partial charge in [0.05, 0.1) is 17.6 Å². The number of hydrogen-bond acceptors (Lipinski definition) is 3. The van der Waals surface area contributed by atoms with Gasteiger partial charge in [-0.2, -0.15) is 0 Å². The van der Waals surface area contributed by atoms with Crippen molar-refractivity contribution in [3.8, 4) is 11.4 Å². The number of piperazine rings is 1. The highest BCUT2D eigenvalue weighted by Crippen LogP contribution is 2.14. The zero-order chi connectivity index (χ0) is 12.9. The zero-order valence-electron chi connectivity index (χ0n) is 11.2. The van der Waals surface area contributed by atoms with Crippen LogP contribution < -0.4 is 5.32 Å². The molecule has 0 radical (unpaired) electrons. The van der Waals surface area contributed by atoms with E-state index in [1.165, 1.54) is 19.6 Å². The number of hydrogen-bond donors (Lipinski definition) is 3. The van der Waals surface area contributed by atoms with Gasteiger partial charge in [-0.05, 0) is 25.1 Å². The van der Waals surface area contributed by atoms with Crippen molar-refractivity contribution in [2.75, 3.05) is 32.7 Å². The van der Waals surface area contributed by atoms with Gasteiger partial charge in [0.1, 0.15) is 5.82 Å². The molecule has 2 aromatic heterocycles. The SMILES string of the molecule is c1c[nH]c(-c2cnc(CCCN3CCNCC3)[nH]2)c1. The fraction of sp³-hybridized carbons (Fsp3) is 0.500. The maximum absolute atomic E-state index is 4.45. The molecule has 1 aliphatic rings. The van der Waals surface area contributed by atoms with E-state index in [0.717, 1.165) is 43.1 Å². The van der Waals surface area contributed by atoms with Crippen LogP contribution in [-0.2, 0) is 6.42 Å². The molecule has 3 heterocycles. The summed E-state index contributed by atoms with van der Waals surface area (Å²) in [7, 11) is 0. The Bertz CT molecular complexity index is 482.